The van der Waals surface area contributed by atoms with Crippen LogP contribution in [0.5, 0.6) is 0 Å². The molecule has 1 aliphatic heterocycles. The summed E-state index contributed by atoms with van der Waals surface area (Å²) < 4.78 is 2.10. The van der Waals surface area contributed by atoms with Crippen LogP contribution >= 0.6 is 35.4 Å². The van der Waals surface area contributed by atoms with Gasteiger partial charge in [-0.05, 0) is 61.1 Å². The van der Waals surface area contributed by atoms with Gasteiger partial charge in [-0.25, -0.2) is 0 Å². The second-order valence-corrected chi connectivity index (χ2v) is 9.33. The topological polar surface area (TPSA) is 54.3 Å². The molecule has 1 N–H and O–H groups in total. The summed E-state index contributed by atoms with van der Waals surface area (Å²) in [7, 11) is 0. The molecule has 0 spiro atoms. The number of hydrogen-bond acceptors (Lipinski definition) is 3. The van der Waals surface area contributed by atoms with Crippen molar-refractivity contribution < 1.29 is 9.59 Å². The van der Waals surface area contributed by atoms with E-state index < -0.39 is 11.8 Å². The Morgan fingerprint density at radius 3 is 2.25 bits per heavy atom. The zero-order chi connectivity index (χ0) is 25.4. The maximum absolute atomic E-state index is 13.6. The number of nitrogens with zero attached hydrogens (tertiary/aromatic N) is 2. The van der Waals surface area contributed by atoms with E-state index in [-0.39, 0.29) is 20.7 Å². The van der Waals surface area contributed by atoms with Gasteiger partial charge in [-0.15, -0.1) is 0 Å². The quantitative estimate of drug-likeness (QED) is 0.183. The maximum atomic E-state index is 13.6. The molecule has 1 aliphatic rings. The zero-order valence-corrected chi connectivity index (χ0v) is 21.4. The smallest absolute Gasteiger partial charge is 0.270 e. The SMILES string of the molecule is Cc1cc(/C=C2\C(=O)NC(=S)N(c3cccc(Cl)c3Cl)C2=O)c(-c2ccccc2)n1-c1ccccc1. The van der Waals surface area contributed by atoms with Gasteiger partial charge in [0.25, 0.3) is 11.8 Å². The Hall–Kier alpha value is -3.71. The molecule has 4 aromatic rings. The maximum Gasteiger partial charge on any atom is 0.270 e. The molecular formula is C28H19Cl2N3O2S. The van der Waals surface area contributed by atoms with Crippen LogP contribution < -0.4 is 10.2 Å². The molecule has 0 saturated carbocycles. The molecule has 0 aliphatic carbocycles. The van der Waals surface area contributed by atoms with Gasteiger partial charge in [0.05, 0.1) is 21.4 Å². The Morgan fingerprint density at radius 2 is 1.56 bits per heavy atom. The van der Waals surface area contributed by atoms with Crippen molar-refractivity contribution in [3.05, 3.63) is 112 Å². The molecule has 1 fully saturated rings. The number of carbonyl (C=O) groups is 2. The number of para-hydroxylation sites is 1. The lowest BCUT2D eigenvalue weighted by molar-refractivity contribution is -0.122. The first-order chi connectivity index (χ1) is 17.4. The van der Waals surface area contributed by atoms with Gasteiger partial charge in [-0.1, -0.05) is 77.8 Å². The van der Waals surface area contributed by atoms with Crippen LogP contribution in [-0.4, -0.2) is 21.5 Å². The average Bonchev–Trinajstić information content (AvgIpc) is 3.21. The molecule has 0 radical (unpaired) electrons. The summed E-state index contributed by atoms with van der Waals surface area (Å²) in [6.45, 7) is 1.98. The minimum Gasteiger partial charge on any atom is -0.313 e. The molecule has 2 heterocycles. The van der Waals surface area contributed by atoms with Crippen molar-refractivity contribution in [1.82, 2.24) is 9.88 Å². The van der Waals surface area contributed by atoms with E-state index in [0.29, 0.717) is 11.3 Å². The van der Waals surface area contributed by atoms with Crippen molar-refractivity contribution in [1.29, 1.82) is 0 Å². The molecule has 0 atom stereocenters. The van der Waals surface area contributed by atoms with E-state index in [9.17, 15) is 9.59 Å². The van der Waals surface area contributed by atoms with E-state index in [1.165, 1.54) is 4.90 Å². The van der Waals surface area contributed by atoms with Crippen molar-refractivity contribution in [2.45, 2.75) is 6.92 Å². The summed E-state index contributed by atoms with van der Waals surface area (Å²) in [5.41, 5.74) is 4.65. The van der Waals surface area contributed by atoms with E-state index in [2.05, 4.69) is 9.88 Å². The summed E-state index contributed by atoms with van der Waals surface area (Å²) >= 11 is 17.9. The van der Waals surface area contributed by atoms with Crippen molar-refractivity contribution in [2.75, 3.05) is 4.90 Å². The van der Waals surface area contributed by atoms with Crippen molar-refractivity contribution in [3.8, 4) is 16.9 Å². The molecule has 0 bridgehead atoms. The Morgan fingerprint density at radius 1 is 0.889 bits per heavy atom. The number of amides is 2. The predicted molar refractivity (Wildman–Crippen MR) is 149 cm³/mol. The van der Waals surface area contributed by atoms with Crippen molar-refractivity contribution in [3.63, 3.8) is 0 Å². The number of anilines is 1. The van der Waals surface area contributed by atoms with Gasteiger partial charge in [-0.2, -0.15) is 0 Å². The van der Waals surface area contributed by atoms with Crippen molar-refractivity contribution in [2.24, 2.45) is 0 Å². The Balaban J connectivity index is 1.69. The highest BCUT2D eigenvalue weighted by molar-refractivity contribution is 7.80. The molecule has 1 aromatic heterocycles. The second kappa shape index (κ2) is 9.74. The van der Waals surface area contributed by atoms with Crippen LogP contribution in [0.1, 0.15) is 11.3 Å². The predicted octanol–water partition coefficient (Wildman–Crippen LogP) is 6.59. The standard InChI is InChI=1S/C28H19Cl2N3O2S/c1-17-15-19(25(18-9-4-2-5-10-18)32(17)20-11-6-3-7-12-20)16-21-26(34)31-28(36)33(27(21)35)23-14-8-13-22(29)24(23)30/h2-16H,1H3,(H,31,34,36)/b21-16+. The van der Waals surface area contributed by atoms with E-state index in [4.69, 9.17) is 35.4 Å². The van der Waals surface area contributed by atoms with Crippen LogP contribution in [0.2, 0.25) is 10.0 Å². The van der Waals surface area contributed by atoms with E-state index in [0.717, 1.165) is 22.6 Å². The highest BCUT2D eigenvalue weighted by Crippen LogP contribution is 2.36. The van der Waals surface area contributed by atoms with Crippen LogP contribution in [-0.2, 0) is 9.59 Å². The molecule has 2 amide bonds. The Kier molecular flexibility index (Phi) is 6.49. The van der Waals surface area contributed by atoms with Crippen LogP contribution in [0.25, 0.3) is 23.0 Å². The lowest BCUT2D eigenvalue weighted by Gasteiger charge is -2.29. The number of nitrogens with one attached hydrogen (secondary N) is 1. The summed E-state index contributed by atoms with van der Waals surface area (Å²) in [6, 6.07) is 26.6. The minimum absolute atomic E-state index is 0.0624. The van der Waals surface area contributed by atoms with Gasteiger partial charge in [-0.3, -0.25) is 19.8 Å². The minimum atomic E-state index is -0.586. The molecule has 8 heteroatoms. The number of aryl methyl sites for hydroxylation is 1. The van der Waals surface area contributed by atoms with E-state index in [1.807, 2.05) is 73.7 Å². The van der Waals surface area contributed by atoms with Gasteiger partial charge in [0.15, 0.2) is 5.11 Å². The molecule has 5 rings (SSSR count). The van der Waals surface area contributed by atoms with Crippen LogP contribution in [0.3, 0.4) is 0 Å². The molecule has 5 nitrogen and oxygen atoms in total. The number of halogens is 2. The first-order valence-corrected chi connectivity index (χ1v) is 12.2. The number of rotatable bonds is 4. The Bertz CT molecular complexity index is 1550. The van der Waals surface area contributed by atoms with Gasteiger partial charge < -0.3 is 4.57 Å². The number of aromatic nitrogens is 1. The van der Waals surface area contributed by atoms with Gasteiger partial charge in [0.2, 0.25) is 0 Å². The number of carbonyl (C=O) groups excluding carboxylic acids is 2. The Labute approximate surface area is 223 Å². The molecule has 1 saturated heterocycles. The zero-order valence-electron chi connectivity index (χ0n) is 19.0. The van der Waals surface area contributed by atoms with Gasteiger partial charge in [0.1, 0.15) is 5.57 Å². The van der Waals surface area contributed by atoms with E-state index in [1.54, 1.807) is 24.3 Å². The molecule has 0 unspecified atom stereocenters. The number of benzene rings is 3. The lowest BCUT2D eigenvalue weighted by Crippen LogP contribution is -2.54. The first kappa shape index (κ1) is 24.0. The normalized spacial score (nSPS) is 14.9. The summed E-state index contributed by atoms with van der Waals surface area (Å²) in [4.78, 5) is 27.8. The third-order valence-electron chi connectivity index (χ3n) is 5.85. The molecule has 178 valence electrons. The highest BCUT2D eigenvalue weighted by Gasteiger charge is 2.36. The number of hydrogen-bond donors (Lipinski definition) is 1. The molecule has 36 heavy (non-hydrogen) atoms. The third kappa shape index (κ3) is 4.24. The monoisotopic (exact) mass is 531 g/mol. The summed E-state index contributed by atoms with van der Waals surface area (Å²) in [6.07, 6.45) is 1.60. The van der Waals surface area contributed by atoms with Crippen LogP contribution in [0.15, 0.2) is 90.5 Å². The molecular weight excluding hydrogens is 513 g/mol. The van der Waals surface area contributed by atoms with Crippen LogP contribution in [0, 0.1) is 6.92 Å². The van der Waals surface area contributed by atoms with Crippen LogP contribution in [0.4, 0.5) is 5.69 Å². The summed E-state index contributed by atoms with van der Waals surface area (Å²) in [5, 5.41) is 2.99. The highest BCUT2D eigenvalue weighted by atomic mass is 35.5. The average molecular weight is 532 g/mol. The number of thiocarbonyl (C=S) groups is 1. The fraction of sp³-hybridized carbons (Fsp3) is 0.0357. The van der Waals surface area contributed by atoms with Crippen molar-refractivity contribution >= 4 is 64.1 Å². The van der Waals surface area contributed by atoms with Gasteiger partial charge >= 0.3 is 0 Å². The molecule has 3 aromatic carbocycles. The first-order valence-electron chi connectivity index (χ1n) is 11.1. The van der Waals surface area contributed by atoms with Gasteiger partial charge in [0, 0.05) is 16.9 Å². The largest absolute Gasteiger partial charge is 0.313 e. The fourth-order valence-corrected chi connectivity index (χ4v) is 4.93. The lowest BCUT2D eigenvalue weighted by atomic mass is 10.0. The second-order valence-electron chi connectivity index (χ2n) is 8.16. The third-order valence-corrected chi connectivity index (χ3v) is 6.94. The van der Waals surface area contributed by atoms with E-state index >= 15 is 0 Å². The fourth-order valence-electron chi connectivity index (χ4n) is 4.27. The summed E-state index contributed by atoms with van der Waals surface area (Å²) in [5.74, 6) is -1.17.